The topological polar surface area (TPSA) is 127 Å². The van der Waals surface area contributed by atoms with Gasteiger partial charge in [0, 0.05) is 6.42 Å². The Morgan fingerprint density at radius 1 is 0.939 bits per heavy atom. The van der Waals surface area contributed by atoms with Crippen molar-refractivity contribution in [3.8, 4) is 5.75 Å². The number of ether oxygens (including phenoxy) is 1. The van der Waals surface area contributed by atoms with Crippen LogP contribution in [0.2, 0.25) is 0 Å². The molecule has 0 fully saturated rings. The average molecular weight is 529 g/mol. The van der Waals surface area contributed by atoms with Gasteiger partial charge in [0.15, 0.2) is 10.1 Å². The van der Waals surface area contributed by atoms with E-state index >= 15 is 0 Å². The van der Waals surface area contributed by atoms with E-state index in [9.17, 15) is 52.5 Å². The van der Waals surface area contributed by atoms with E-state index < -0.39 is 53.8 Å². The predicted octanol–water partition coefficient (Wildman–Crippen LogP) is 3.28. The van der Waals surface area contributed by atoms with Crippen molar-refractivity contribution < 1.29 is 61.4 Å². The van der Waals surface area contributed by atoms with E-state index in [1.54, 1.807) is 20.8 Å². The summed E-state index contributed by atoms with van der Waals surface area (Å²) >= 11 is 0. The molecule has 0 saturated heterocycles. The third kappa shape index (κ3) is 5.71. The molecule has 0 unspecified atom stereocenters. The van der Waals surface area contributed by atoms with Gasteiger partial charge in [-0.3, -0.25) is 4.79 Å². The largest absolute Gasteiger partial charge is 0.743 e. The highest BCUT2D eigenvalue weighted by Crippen LogP contribution is 2.50. The average Bonchev–Trinajstić information content (AvgIpc) is 2.67. The Hall–Kier alpha value is -2.07. The number of alkyl halides is 6. The van der Waals surface area contributed by atoms with Crippen molar-refractivity contribution in [1.82, 2.24) is 0 Å². The molecular formula is C17H19F6O8S2-. The molecule has 190 valence electrons. The van der Waals surface area contributed by atoms with Crippen LogP contribution in [0.1, 0.15) is 32.8 Å². The molecule has 0 radical (unpaired) electrons. The lowest BCUT2D eigenvalue weighted by Gasteiger charge is -2.32. The fourth-order valence-corrected chi connectivity index (χ4v) is 3.39. The van der Waals surface area contributed by atoms with Crippen molar-refractivity contribution in [2.45, 2.75) is 50.0 Å². The molecule has 33 heavy (non-hydrogen) atoms. The second kappa shape index (κ2) is 9.29. The molecule has 1 aromatic rings. The van der Waals surface area contributed by atoms with Crippen LogP contribution in [0.15, 0.2) is 24.3 Å². The summed E-state index contributed by atoms with van der Waals surface area (Å²) in [5.74, 6) is -8.65. The molecule has 0 heterocycles. The van der Waals surface area contributed by atoms with Crippen LogP contribution in [0, 0.1) is 5.41 Å². The van der Waals surface area contributed by atoms with Crippen molar-refractivity contribution >= 4 is 26.2 Å². The Morgan fingerprint density at radius 3 is 1.85 bits per heavy atom. The van der Waals surface area contributed by atoms with E-state index in [-0.39, 0.29) is 13.0 Å². The molecule has 0 saturated carbocycles. The number of halogens is 6. The second-order valence-electron chi connectivity index (χ2n) is 7.37. The van der Waals surface area contributed by atoms with E-state index in [4.69, 9.17) is 4.74 Å². The first kappa shape index (κ1) is 29.0. The molecule has 0 aliphatic rings. The van der Waals surface area contributed by atoms with Crippen LogP contribution in [0.4, 0.5) is 26.3 Å². The predicted molar refractivity (Wildman–Crippen MR) is 99.3 cm³/mol. The van der Waals surface area contributed by atoms with Crippen LogP contribution in [-0.4, -0.2) is 50.4 Å². The normalized spacial score (nSPS) is 14.1. The van der Waals surface area contributed by atoms with Gasteiger partial charge in [0.05, 0.1) is 12.0 Å². The first-order valence-corrected chi connectivity index (χ1v) is 11.7. The summed E-state index contributed by atoms with van der Waals surface area (Å²) in [6.45, 7) is 4.98. The van der Waals surface area contributed by atoms with Gasteiger partial charge in [0.1, 0.15) is 5.75 Å². The highest BCUT2D eigenvalue weighted by molar-refractivity contribution is 7.88. The summed E-state index contributed by atoms with van der Waals surface area (Å²) in [5.41, 5.74) is -0.371. The van der Waals surface area contributed by atoms with Crippen LogP contribution in [0.25, 0.3) is 0 Å². The molecule has 16 heteroatoms. The Morgan fingerprint density at radius 2 is 1.42 bits per heavy atom. The zero-order valence-electron chi connectivity index (χ0n) is 17.3. The number of benzene rings is 1. The molecule has 0 aliphatic heterocycles. The lowest BCUT2D eigenvalue weighted by molar-refractivity contribution is -0.247. The summed E-state index contributed by atoms with van der Waals surface area (Å²) in [6, 6.07) is 3.58. The van der Waals surface area contributed by atoms with Crippen molar-refractivity contribution in [3.05, 3.63) is 29.8 Å². The molecule has 0 aromatic heterocycles. The molecule has 1 rings (SSSR count). The van der Waals surface area contributed by atoms with Gasteiger partial charge in [-0.1, -0.05) is 19.1 Å². The minimum absolute atomic E-state index is 0.0837. The fraction of sp³-hybridized carbons (Fsp3) is 0.588. The lowest BCUT2D eigenvalue weighted by atomic mass is 9.91. The van der Waals surface area contributed by atoms with Gasteiger partial charge >= 0.3 is 32.5 Å². The highest BCUT2D eigenvalue weighted by atomic mass is 32.2. The lowest BCUT2D eigenvalue weighted by Crippen LogP contribution is -2.61. The number of rotatable bonds is 11. The van der Waals surface area contributed by atoms with Crippen LogP contribution < -0.4 is 4.18 Å². The van der Waals surface area contributed by atoms with Crippen molar-refractivity contribution in [1.29, 1.82) is 0 Å². The Balaban J connectivity index is 2.98. The minimum atomic E-state index is -7.38. The molecule has 0 N–H and O–H groups in total. The van der Waals surface area contributed by atoms with Gasteiger partial charge in [-0.25, -0.2) is 8.42 Å². The van der Waals surface area contributed by atoms with E-state index in [0.29, 0.717) is 24.1 Å². The number of hydrogen-bond donors (Lipinski definition) is 0. The summed E-state index contributed by atoms with van der Waals surface area (Å²) in [7, 11) is -14.3. The molecule has 8 nitrogen and oxygen atoms in total. The van der Waals surface area contributed by atoms with Crippen molar-refractivity contribution in [2.24, 2.45) is 5.41 Å². The highest BCUT2D eigenvalue weighted by Gasteiger charge is 2.81. The fourth-order valence-electron chi connectivity index (χ4n) is 1.98. The number of esters is 1. The molecule has 0 bridgehead atoms. The molecule has 0 spiro atoms. The quantitative estimate of drug-likeness (QED) is 0.185. The Labute approximate surface area is 185 Å². The summed E-state index contributed by atoms with van der Waals surface area (Å²) in [4.78, 5) is 11.9. The first-order chi connectivity index (χ1) is 14.6. The van der Waals surface area contributed by atoms with Gasteiger partial charge in [-0.15, -0.1) is 0 Å². The maximum atomic E-state index is 13.7. The van der Waals surface area contributed by atoms with E-state index in [2.05, 4.69) is 4.18 Å². The zero-order valence-corrected chi connectivity index (χ0v) is 18.9. The SMILES string of the molecule is CCC(C)(C)C(=O)OCCc1ccc(OS(=O)(=O)C(F)(F)C(F)(F)C(F)(F)S(=O)(=O)[O-])cc1. The minimum Gasteiger partial charge on any atom is -0.743 e. The van der Waals surface area contributed by atoms with E-state index in [0.717, 1.165) is 12.1 Å². The van der Waals surface area contributed by atoms with Crippen molar-refractivity contribution in [3.63, 3.8) is 0 Å². The summed E-state index contributed by atoms with van der Waals surface area (Å²) in [6.07, 6.45) is 0.586. The third-order valence-electron chi connectivity index (χ3n) is 4.55. The Bertz CT molecular complexity index is 1070. The first-order valence-electron chi connectivity index (χ1n) is 8.93. The molecular weight excluding hydrogens is 510 g/mol. The van der Waals surface area contributed by atoms with Gasteiger partial charge in [0.25, 0.3) is 0 Å². The second-order valence-corrected chi connectivity index (χ2v) is 10.4. The number of carbonyl (C=O) groups excluding carboxylic acids is 1. The number of hydrogen-bond acceptors (Lipinski definition) is 8. The van der Waals surface area contributed by atoms with Gasteiger partial charge < -0.3 is 13.5 Å². The smallest absolute Gasteiger partial charge is 0.450 e. The van der Waals surface area contributed by atoms with Crippen LogP contribution in [-0.2, 0) is 36.2 Å². The van der Waals surface area contributed by atoms with Crippen LogP contribution in [0.5, 0.6) is 5.75 Å². The monoisotopic (exact) mass is 529 g/mol. The Kier molecular flexibility index (Phi) is 8.15. The van der Waals surface area contributed by atoms with Gasteiger partial charge in [0.2, 0.25) is 0 Å². The van der Waals surface area contributed by atoms with Gasteiger partial charge in [-0.2, -0.15) is 34.8 Å². The molecule has 0 atom stereocenters. The zero-order chi connectivity index (χ0) is 26.1. The molecule has 0 aliphatic carbocycles. The van der Waals surface area contributed by atoms with Crippen LogP contribution >= 0.6 is 0 Å². The third-order valence-corrected chi connectivity index (χ3v) is 6.73. The maximum Gasteiger partial charge on any atom is 0.450 e. The van der Waals surface area contributed by atoms with E-state index in [1.165, 1.54) is 0 Å². The maximum absolute atomic E-state index is 13.7. The van der Waals surface area contributed by atoms with Crippen LogP contribution in [0.3, 0.4) is 0 Å². The molecule has 0 amide bonds. The standard InChI is InChI=1S/C17H20F6O8S2/c1-4-14(2,3)13(24)30-10-9-11-5-7-12(8-6-11)31-33(28,29)17(22,23)15(18,19)16(20,21)32(25,26)27/h5-8H,4,9-10H2,1-3H3,(H,25,26,27)/p-1. The summed E-state index contributed by atoms with van der Waals surface area (Å²) < 4.78 is 143. The van der Waals surface area contributed by atoms with E-state index in [1.807, 2.05) is 0 Å². The number of carbonyl (C=O) groups is 1. The van der Waals surface area contributed by atoms with Crippen molar-refractivity contribution in [2.75, 3.05) is 6.61 Å². The summed E-state index contributed by atoms with van der Waals surface area (Å²) in [5, 5.41) is -13.8. The molecule has 1 aromatic carbocycles. The van der Waals surface area contributed by atoms with Gasteiger partial charge in [-0.05, 0) is 38.0 Å².